The highest BCUT2D eigenvalue weighted by molar-refractivity contribution is 7.99. The van der Waals surface area contributed by atoms with E-state index < -0.39 is 11.9 Å². The van der Waals surface area contributed by atoms with Crippen LogP contribution < -0.4 is 15.8 Å². The van der Waals surface area contributed by atoms with Crippen molar-refractivity contribution in [3.63, 3.8) is 0 Å². The SMILES string of the molecule is CCOc1ccc(-c2nnc(SCC(=O)Nc3sc(C(N)=O)c(C)c3C(=O)OC)n2CC)cc1. The monoisotopic (exact) mass is 503 g/mol. The number of esters is 1. The number of hydrogen-bond acceptors (Lipinski definition) is 9. The normalized spacial score (nSPS) is 10.7. The number of hydrogen-bond donors (Lipinski definition) is 2. The quantitative estimate of drug-likeness (QED) is 0.317. The first-order valence-corrected chi connectivity index (χ1v) is 12.2. The number of benzene rings is 1. The molecule has 0 spiro atoms. The highest BCUT2D eigenvalue weighted by atomic mass is 32.2. The van der Waals surface area contributed by atoms with Crippen molar-refractivity contribution >= 4 is 45.9 Å². The molecule has 2 amide bonds. The van der Waals surface area contributed by atoms with Gasteiger partial charge in [-0.3, -0.25) is 9.59 Å². The van der Waals surface area contributed by atoms with E-state index in [4.69, 9.17) is 15.2 Å². The first kappa shape index (κ1) is 25.2. The summed E-state index contributed by atoms with van der Waals surface area (Å²) in [5.74, 6) is -0.239. The number of anilines is 1. The highest BCUT2D eigenvalue weighted by Crippen LogP contribution is 2.34. The third-order valence-corrected chi connectivity index (χ3v) is 6.99. The predicted octanol–water partition coefficient (Wildman–Crippen LogP) is 3.35. The van der Waals surface area contributed by atoms with Crippen molar-refractivity contribution in [1.82, 2.24) is 14.8 Å². The van der Waals surface area contributed by atoms with Crippen LogP contribution in [0.5, 0.6) is 5.75 Å². The maximum absolute atomic E-state index is 12.6. The van der Waals surface area contributed by atoms with Gasteiger partial charge in [0.15, 0.2) is 11.0 Å². The van der Waals surface area contributed by atoms with Crippen molar-refractivity contribution in [3.05, 3.63) is 40.3 Å². The minimum atomic E-state index is -0.680. The van der Waals surface area contributed by atoms with Crippen molar-refractivity contribution in [1.29, 1.82) is 0 Å². The van der Waals surface area contributed by atoms with Gasteiger partial charge in [0.1, 0.15) is 10.8 Å². The molecule has 0 unspecified atom stereocenters. The summed E-state index contributed by atoms with van der Waals surface area (Å²) in [6.45, 7) is 6.67. The Bertz CT molecular complexity index is 1200. The van der Waals surface area contributed by atoms with Crippen LogP contribution in [0.1, 0.15) is 39.4 Å². The average molecular weight is 504 g/mol. The Morgan fingerprint density at radius 1 is 1.18 bits per heavy atom. The standard InChI is InChI=1S/C22H25N5O5S2/c1-5-27-19(13-7-9-14(10-8-13)32-6-2)25-26-22(27)33-11-15(28)24-20-16(21(30)31-4)12(3)17(34-20)18(23)29/h7-10H,5-6,11H2,1-4H3,(H2,23,29)(H,24,28). The molecule has 0 aliphatic heterocycles. The smallest absolute Gasteiger partial charge is 0.341 e. The first-order valence-electron chi connectivity index (χ1n) is 10.4. The zero-order valence-electron chi connectivity index (χ0n) is 19.2. The predicted molar refractivity (Wildman–Crippen MR) is 131 cm³/mol. The number of nitrogens with zero attached hydrogens (tertiary/aromatic N) is 3. The molecule has 0 aliphatic rings. The fourth-order valence-corrected chi connectivity index (χ4v) is 5.10. The molecule has 0 saturated heterocycles. The largest absolute Gasteiger partial charge is 0.494 e. The van der Waals surface area contributed by atoms with Crippen LogP contribution in [0.2, 0.25) is 0 Å². The Hall–Kier alpha value is -3.38. The van der Waals surface area contributed by atoms with E-state index in [1.807, 2.05) is 42.7 Å². The van der Waals surface area contributed by atoms with E-state index in [0.29, 0.717) is 29.7 Å². The molecule has 0 saturated carbocycles. The minimum absolute atomic E-state index is 0.0187. The Morgan fingerprint density at radius 3 is 2.47 bits per heavy atom. The second-order valence-corrected chi connectivity index (χ2v) is 8.92. The summed E-state index contributed by atoms with van der Waals surface area (Å²) in [6.07, 6.45) is 0. The van der Waals surface area contributed by atoms with E-state index in [-0.39, 0.29) is 27.1 Å². The molecule has 0 atom stereocenters. The lowest BCUT2D eigenvalue weighted by molar-refractivity contribution is -0.113. The highest BCUT2D eigenvalue weighted by Gasteiger charge is 2.25. The van der Waals surface area contributed by atoms with Gasteiger partial charge >= 0.3 is 5.97 Å². The van der Waals surface area contributed by atoms with E-state index in [2.05, 4.69) is 15.5 Å². The Morgan fingerprint density at radius 2 is 1.88 bits per heavy atom. The number of carbonyl (C=O) groups is 3. The Balaban J connectivity index is 1.74. The summed E-state index contributed by atoms with van der Waals surface area (Å²) in [5.41, 5.74) is 6.76. The van der Waals surface area contributed by atoms with Crippen LogP contribution in [0, 0.1) is 6.92 Å². The van der Waals surface area contributed by atoms with Gasteiger partial charge in [-0.2, -0.15) is 0 Å². The number of rotatable bonds is 10. The van der Waals surface area contributed by atoms with E-state index in [1.54, 1.807) is 6.92 Å². The van der Waals surface area contributed by atoms with Gasteiger partial charge in [0.05, 0.1) is 29.9 Å². The van der Waals surface area contributed by atoms with Crippen LogP contribution in [0.15, 0.2) is 29.4 Å². The van der Waals surface area contributed by atoms with Crippen LogP contribution in [0.4, 0.5) is 5.00 Å². The van der Waals surface area contributed by atoms with Crippen LogP contribution in [-0.4, -0.2) is 52.0 Å². The molecule has 12 heteroatoms. The van der Waals surface area contributed by atoms with Crippen molar-refractivity contribution in [2.75, 3.05) is 24.8 Å². The molecule has 3 aromatic rings. The van der Waals surface area contributed by atoms with Gasteiger partial charge in [0, 0.05) is 12.1 Å². The lowest BCUT2D eigenvalue weighted by atomic mass is 10.1. The molecule has 0 fully saturated rings. The molecular weight excluding hydrogens is 478 g/mol. The fraction of sp³-hybridized carbons (Fsp3) is 0.318. The summed E-state index contributed by atoms with van der Waals surface area (Å²) in [7, 11) is 1.23. The molecule has 0 radical (unpaired) electrons. The summed E-state index contributed by atoms with van der Waals surface area (Å²) >= 11 is 2.15. The van der Waals surface area contributed by atoms with Crippen LogP contribution in [0.3, 0.4) is 0 Å². The number of amides is 2. The average Bonchev–Trinajstić information content (AvgIpc) is 3.38. The molecule has 3 rings (SSSR count). The topological polar surface area (TPSA) is 138 Å². The molecule has 180 valence electrons. The van der Waals surface area contributed by atoms with E-state index in [0.717, 1.165) is 22.6 Å². The molecule has 0 bridgehead atoms. The summed E-state index contributed by atoms with van der Waals surface area (Å²) < 4.78 is 12.2. The number of methoxy groups -OCH3 is 1. The Kier molecular flexibility index (Phi) is 8.29. The number of nitrogens with two attached hydrogens (primary N) is 1. The lowest BCUT2D eigenvalue weighted by Gasteiger charge is -2.09. The van der Waals surface area contributed by atoms with Gasteiger partial charge in [-0.1, -0.05) is 11.8 Å². The number of aromatic nitrogens is 3. The zero-order valence-corrected chi connectivity index (χ0v) is 20.8. The van der Waals surface area contributed by atoms with E-state index in [1.165, 1.54) is 18.9 Å². The van der Waals surface area contributed by atoms with Gasteiger partial charge in [0.2, 0.25) is 5.91 Å². The lowest BCUT2D eigenvalue weighted by Crippen LogP contribution is -2.16. The number of thiophene rings is 1. The summed E-state index contributed by atoms with van der Waals surface area (Å²) in [5, 5.41) is 12.0. The van der Waals surface area contributed by atoms with Crippen molar-refractivity contribution < 1.29 is 23.9 Å². The van der Waals surface area contributed by atoms with Crippen LogP contribution in [-0.2, 0) is 16.1 Å². The van der Waals surface area contributed by atoms with Gasteiger partial charge in [0.25, 0.3) is 5.91 Å². The van der Waals surface area contributed by atoms with Crippen molar-refractivity contribution in [2.45, 2.75) is 32.5 Å². The molecule has 34 heavy (non-hydrogen) atoms. The number of ether oxygens (including phenoxy) is 2. The van der Waals surface area contributed by atoms with Crippen molar-refractivity contribution in [2.24, 2.45) is 5.73 Å². The van der Waals surface area contributed by atoms with Crippen LogP contribution in [0.25, 0.3) is 11.4 Å². The number of thioether (sulfide) groups is 1. The minimum Gasteiger partial charge on any atom is -0.494 e. The maximum Gasteiger partial charge on any atom is 0.341 e. The van der Waals surface area contributed by atoms with Gasteiger partial charge in [-0.05, 0) is 50.6 Å². The fourth-order valence-electron chi connectivity index (χ4n) is 3.24. The molecule has 10 nitrogen and oxygen atoms in total. The molecule has 0 aliphatic carbocycles. The third kappa shape index (κ3) is 5.39. The van der Waals surface area contributed by atoms with Crippen LogP contribution >= 0.6 is 23.1 Å². The summed E-state index contributed by atoms with van der Waals surface area (Å²) in [6, 6.07) is 7.56. The second kappa shape index (κ2) is 11.2. The molecule has 2 heterocycles. The third-order valence-electron chi connectivity index (χ3n) is 4.80. The molecule has 2 aromatic heterocycles. The van der Waals surface area contributed by atoms with Gasteiger partial charge < -0.3 is 25.1 Å². The zero-order chi connectivity index (χ0) is 24.8. The molecule has 3 N–H and O–H groups in total. The first-order chi connectivity index (χ1) is 16.3. The van der Waals surface area contributed by atoms with E-state index in [9.17, 15) is 14.4 Å². The van der Waals surface area contributed by atoms with Crippen molar-refractivity contribution in [3.8, 4) is 17.1 Å². The number of nitrogens with one attached hydrogen (secondary N) is 1. The molecule has 1 aromatic carbocycles. The Labute approximate surface area is 204 Å². The van der Waals surface area contributed by atoms with E-state index >= 15 is 0 Å². The molecular formula is C22H25N5O5S2. The van der Waals surface area contributed by atoms with Gasteiger partial charge in [-0.15, -0.1) is 21.5 Å². The summed E-state index contributed by atoms with van der Waals surface area (Å²) in [4.78, 5) is 36.7. The second-order valence-electron chi connectivity index (χ2n) is 6.96. The maximum atomic E-state index is 12.6. The number of primary amides is 1. The van der Waals surface area contributed by atoms with Gasteiger partial charge in [-0.25, -0.2) is 4.79 Å². The number of carbonyl (C=O) groups excluding carboxylic acids is 3.